The molecule has 5 heteroatoms. The number of carbonyl (C=O) groups is 2. The Morgan fingerprint density at radius 1 is 1.14 bits per heavy atom. The van der Waals surface area contributed by atoms with Crippen LogP contribution in [0.15, 0.2) is 0 Å². The van der Waals surface area contributed by atoms with E-state index in [2.05, 4.69) is 0 Å². The maximum atomic E-state index is 8.93. The first kappa shape index (κ1) is 10.5. The zero-order valence-electron chi connectivity index (χ0n) is 4.34. The molecule has 0 bridgehead atoms. The van der Waals surface area contributed by atoms with Crippen LogP contribution in [0.2, 0.25) is 0 Å². The van der Waals surface area contributed by atoms with Crippen LogP contribution >= 0.6 is 0 Å². The van der Waals surface area contributed by atoms with Crippen LogP contribution in [0.1, 0.15) is 1.43 Å². The summed E-state index contributed by atoms with van der Waals surface area (Å²) in [5, 5.41) is 17.9. The molecular formula is C2HBaO4+. The Balaban J connectivity index is -0.000000125. The second kappa shape index (κ2) is 4.67. The Labute approximate surface area is 81.1 Å². The summed E-state index contributed by atoms with van der Waals surface area (Å²) >= 11 is 0. The minimum absolute atomic E-state index is 0. The average Bonchev–Trinajstić information content (AvgIpc) is 1.36. The van der Waals surface area contributed by atoms with Crippen LogP contribution in [0.5, 0.6) is 0 Å². The van der Waals surface area contributed by atoms with Crippen molar-refractivity contribution in [1.29, 1.82) is 0 Å². The zero-order chi connectivity index (χ0) is 5.15. The molecule has 0 aliphatic rings. The van der Waals surface area contributed by atoms with Crippen molar-refractivity contribution in [3.63, 3.8) is 0 Å². The summed E-state index contributed by atoms with van der Waals surface area (Å²) in [5.41, 5.74) is 0. The van der Waals surface area contributed by atoms with Gasteiger partial charge in [-0.15, -0.1) is 0 Å². The van der Waals surface area contributed by atoms with Gasteiger partial charge in [0, 0.05) is 0 Å². The quantitative estimate of drug-likeness (QED) is 0.314. The van der Waals surface area contributed by atoms with Gasteiger partial charge in [0.25, 0.3) is 0 Å². The van der Waals surface area contributed by atoms with E-state index in [1.54, 1.807) is 0 Å². The summed E-state index contributed by atoms with van der Waals surface area (Å²) in [4.78, 5) is 17.9. The third-order valence-electron chi connectivity index (χ3n) is 0.167. The summed E-state index contributed by atoms with van der Waals surface area (Å²) in [6.07, 6.45) is 0. The standard InChI is InChI=1S/C2H2O4.Ba/c3-1(4)2(5)6;/h(H,3,4)(H,5,6);/q;+2/p-1. The van der Waals surface area contributed by atoms with Gasteiger partial charge < -0.3 is 19.8 Å². The van der Waals surface area contributed by atoms with E-state index in [1.165, 1.54) is 0 Å². The molecule has 0 aliphatic heterocycles. The number of hydrogen-bond donors (Lipinski definition) is 0. The smallest absolute Gasteiger partial charge is 0.543 e. The molecule has 34 valence electrons. The monoisotopic (exact) mass is 227 g/mol. The van der Waals surface area contributed by atoms with Gasteiger partial charge in [-0.25, -0.2) is 0 Å². The molecule has 0 aromatic rings. The van der Waals surface area contributed by atoms with Crippen LogP contribution < -0.4 is 10.2 Å². The summed E-state index contributed by atoms with van der Waals surface area (Å²) in [7, 11) is 0. The third kappa shape index (κ3) is 6.51. The first-order chi connectivity index (χ1) is 2.64. The first-order valence-corrected chi connectivity index (χ1v) is 1.07. The van der Waals surface area contributed by atoms with Crippen molar-refractivity contribution in [3.8, 4) is 0 Å². The summed E-state index contributed by atoms with van der Waals surface area (Å²) < 4.78 is 0. The largest absolute Gasteiger partial charge is 2.00 e. The summed E-state index contributed by atoms with van der Waals surface area (Å²) in [5.74, 6) is -4.37. The maximum absolute atomic E-state index is 8.93. The normalized spacial score (nSPS) is 6.29. The molecule has 0 aromatic heterocycles. The van der Waals surface area contributed by atoms with Crippen molar-refractivity contribution >= 4 is 60.8 Å². The predicted octanol–water partition coefficient (Wildman–Crippen LogP) is -3.78. The number of hydrogen-bond acceptors (Lipinski definition) is 4. The Kier molecular flexibility index (Phi) is 6.99. The van der Waals surface area contributed by atoms with E-state index >= 15 is 0 Å². The summed E-state index contributed by atoms with van der Waals surface area (Å²) in [6.45, 7) is 0. The molecule has 0 saturated heterocycles. The number of carboxylic acid groups (broad SMARTS) is 2. The van der Waals surface area contributed by atoms with Crippen LogP contribution in [0.25, 0.3) is 0 Å². The van der Waals surface area contributed by atoms with Gasteiger partial charge in [-0.3, -0.25) is 0 Å². The third-order valence-corrected chi connectivity index (χ3v) is 0.167. The van der Waals surface area contributed by atoms with Gasteiger partial charge in [0.2, 0.25) is 0 Å². The van der Waals surface area contributed by atoms with E-state index in [4.69, 9.17) is 19.8 Å². The second-order valence-corrected chi connectivity index (χ2v) is 0.575. The van der Waals surface area contributed by atoms with Gasteiger partial charge in [-0.1, -0.05) is 0 Å². The number of carboxylic acids is 2. The van der Waals surface area contributed by atoms with Crippen LogP contribution in [0.4, 0.5) is 0 Å². The zero-order valence-corrected chi connectivity index (χ0v) is 7.78. The minimum Gasteiger partial charge on any atom is -0.543 e. The van der Waals surface area contributed by atoms with Crippen LogP contribution in [-0.4, -0.2) is 60.8 Å². The molecule has 0 heterocycles. The molecule has 4 nitrogen and oxygen atoms in total. The molecule has 0 saturated carbocycles. The average molecular weight is 226 g/mol. The molecule has 7 heavy (non-hydrogen) atoms. The van der Waals surface area contributed by atoms with Crippen molar-refractivity contribution in [1.82, 2.24) is 0 Å². The number of carbonyl (C=O) groups excluding carboxylic acids is 2. The Bertz CT molecular complexity index is 80.0. The van der Waals surface area contributed by atoms with Crippen molar-refractivity contribution in [2.45, 2.75) is 0 Å². The van der Waals surface area contributed by atoms with Crippen molar-refractivity contribution in [2.75, 3.05) is 0 Å². The first-order valence-electron chi connectivity index (χ1n) is 1.07. The molecule has 0 spiro atoms. The molecule has 0 fully saturated rings. The summed E-state index contributed by atoms with van der Waals surface area (Å²) in [6, 6.07) is 0. The van der Waals surface area contributed by atoms with E-state index < -0.39 is 11.9 Å². The topological polar surface area (TPSA) is 80.3 Å². The van der Waals surface area contributed by atoms with E-state index in [9.17, 15) is 0 Å². The van der Waals surface area contributed by atoms with Gasteiger partial charge in [-0.2, -0.15) is 0 Å². The molecule has 0 unspecified atom stereocenters. The van der Waals surface area contributed by atoms with Crippen LogP contribution in [-0.2, 0) is 9.59 Å². The van der Waals surface area contributed by atoms with Crippen molar-refractivity contribution in [2.24, 2.45) is 0 Å². The Morgan fingerprint density at radius 3 is 1.29 bits per heavy atom. The van der Waals surface area contributed by atoms with E-state index in [1.807, 2.05) is 0 Å². The molecular weight excluding hydrogens is 225 g/mol. The van der Waals surface area contributed by atoms with Crippen molar-refractivity contribution in [3.05, 3.63) is 0 Å². The van der Waals surface area contributed by atoms with Gasteiger partial charge in [0.15, 0.2) is 0 Å². The predicted molar refractivity (Wildman–Crippen MR) is 16.9 cm³/mol. The maximum Gasteiger partial charge on any atom is 2.00 e. The molecule has 0 amide bonds. The molecule has 0 N–H and O–H groups in total. The fourth-order valence-electron chi connectivity index (χ4n) is 0. The van der Waals surface area contributed by atoms with Gasteiger partial charge in [0.05, 0.1) is 11.9 Å². The molecule has 0 aliphatic carbocycles. The number of rotatable bonds is 0. The van der Waals surface area contributed by atoms with Gasteiger partial charge >= 0.3 is 50.3 Å². The molecule has 0 aromatic carbocycles. The van der Waals surface area contributed by atoms with Crippen molar-refractivity contribution < 1.29 is 21.2 Å². The molecule has 0 rings (SSSR count). The Morgan fingerprint density at radius 2 is 1.29 bits per heavy atom. The van der Waals surface area contributed by atoms with Crippen LogP contribution in [0.3, 0.4) is 0 Å². The van der Waals surface area contributed by atoms with E-state index in [0.29, 0.717) is 0 Å². The molecule has 0 atom stereocenters. The van der Waals surface area contributed by atoms with Gasteiger partial charge in [0.1, 0.15) is 0 Å². The Hall–Kier alpha value is 0.511. The van der Waals surface area contributed by atoms with Gasteiger partial charge in [-0.05, 0) is 0 Å². The fourth-order valence-corrected chi connectivity index (χ4v) is 0. The number of aliphatic carboxylic acids is 2. The van der Waals surface area contributed by atoms with Crippen LogP contribution in [0, 0.1) is 0 Å². The minimum atomic E-state index is -2.19. The van der Waals surface area contributed by atoms with E-state index in [-0.39, 0.29) is 50.3 Å². The second-order valence-electron chi connectivity index (χ2n) is 0.575. The molecule has 0 radical (unpaired) electrons. The van der Waals surface area contributed by atoms with E-state index in [0.717, 1.165) is 0 Å². The fraction of sp³-hybridized carbons (Fsp3) is 0. The SMILES string of the molecule is O=C([O-])C(=O)[O-].[Ba+2].[H+].